The van der Waals surface area contributed by atoms with Crippen molar-refractivity contribution < 1.29 is 9.21 Å². The first-order valence-corrected chi connectivity index (χ1v) is 9.98. The van der Waals surface area contributed by atoms with Crippen LogP contribution >= 0.6 is 0 Å². The molecule has 0 unspecified atom stereocenters. The predicted molar refractivity (Wildman–Crippen MR) is 117 cm³/mol. The molecule has 0 atom stereocenters. The molecule has 0 radical (unpaired) electrons. The number of benzene rings is 2. The van der Waals surface area contributed by atoms with Crippen molar-refractivity contribution in [3.63, 3.8) is 0 Å². The molecule has 7 heteroatoms. The number of nitrogens with one attached hydrogen (secondary N) is 1. The van der Waals surface area contributed by atoms with E-state index in [0.29, 0.717) is 24.7 Å². The third-order valence-corrected chi connectivity index (χ3v) is 5.04. The Kier molecular flexibility index (Phi) is 5.52. The summed E-state index contributed by atoms with van der Waals surface area (Å²) < 4.78 is 7.66. The summed E-state index contributed by atoms with van der Waals surface area (Å²) in [6, 6.07) is 16.1. The van der Waals surface area contributed by atoms with Gasteiger partial charge in [0.05, 0.1) is 5.56 Å². The van der Waals surface area contributed by atoms with Gasteiger partial charge in [0.1, 0.15) is 6.54 Å². The Morgan fingerprint density at radius 2 is 1.87 bits per heavy atom. The van der Waals surface area contributed by atoms with Crippen molar-refractivity contribution in [1.29, 1.82) is 0 Å². The molecule has 0 spiro atoms. The van der Waals surface area contributed by atoms with Gasteiger partial charge in [-0.1, -0.05) is 37.3 Å². The van der Waals surface area contributed by atoms with Crippen LogP contribution in [0.15, 0.2) is 59.1 Å². The number of hydrogen-bond donors (Lipinski definition) is 1. The zero-order chi connectivity index (χ0) is 21.1. The summed E-state index contributed by atoms with van der Waals surface area (Å²) >= 11 is 0. The van der Waals surface area contributed by atoms with E-state index in [4.69, 9.17) is 4.42 Å². The monoisotopic (exact) mass is 403 g/mol. The molecular formula is C23H25N5O2. The number of carbonyl (C=O) groups is 1. The number of nitrogens with zero attached hydrogens (tertiary/aromatic N) is 4. The number of hydrogen-bond acceptors (Lipinski definition) is 5. The van der Waals surface area contributed by atoms with Crippen LogP contribution in [-0.2, 0) is 24.3 Å². The maximum atomic E-state index is 12.6. The molecule has 4 rings (SSSR count). The summed E-state index contributed by atoms with van der Waals surface area (Å²) in [6.45, 7) is 2.67. The van der Waals surface area contributed by atoms with Crippen molar-refractivity contribution in [3.05, 3.63) is 66.2 Å². The van der Waals surface area contributed by atoms with E-state index in [0.717, 1.165) is 27.7 Å². The van der Waals surface area contributed by atoms with E-state index in [2.05, 4.69) is 15.5 Å². The first-order valence-electron chi connectivity index (χ1n) is 9.98. The molecule has 0 aliphatic carbocycles. The zero-order valence-corrected chi connectivity index (χ0v) is 17.4. The number of carbonyl (C=O) groups excluding carboxylic acids is 1. The lowest BCUT2D eigenvalue weighted by molar-refractivity contribution is -0.121. The van der Waals surface area contributed by atoms with Crippen LogP contribution in [0, 0.1) is 0 Å². The minimum absolute atomic E-state index is 0.0567. The third-order valence-electron chi connectivity index (χ3n) is 5.04. The maximum absolute atomic E-state index is 12.6. The molecule has 2 aromatic carbocycles. The Balaban J connectivity index is 1.50. The summed E-state index contributed by atoms with van der Waals surface area (Å²) in [7, 11) is 4.01. The predicted octanol–water partition coefficient (Wildman–Crippen LogP) is 3.64. The van der Waals surface area contributed by atoms with E-state index >= 15 is 0 Å². The van der Waals surface area contributed by atoms with E-state index in [1.165, 1.54) is 0 Å². The molecule has 0 fully saturated rings. The first-order chi connectivity index (χ1) is 14.5. The van der Waals surface area contributed by atoms with Gasteiger partial charge in [0.2, 0.25) is 17.7 Å². The number of anilines is 1. The molecule has 154 valence electrons. The Labute approximate surface area is 175 Å². The standard InChI is InChI=1S/C23H25N5O2/c1-4-22-25-26-23(30-22)19-14-28(20-8-6-5-7-18(19)20)15-21(29)24-13-16-9-11-17(12-10-16)27(2)3/h5-12,14H,4,13,15H2,1-3H3,(H,24,29). The molecule has 0 bridgehead atoms. The quantitative estimate of drug-likeness (QED) is 0.510. The average molecular weight is 403 g/mol. The van der Waals surface area contributed by atoms with E-state index in [-0.39, 0.29) is 12.5 Å². The fourth-order valence-electron chi connectivity index (χ4n) is 3.38. The number of amides is 1. The SMILES string of the molecule is CCc1nnc(-c2cn(CC(=O)NCc3ccc(N(C)C)cc3)c3ccccc23)o1. The van der Waals surface area contributed by atoms with Crippen LogP contribution < -0.4 is 10.2 Å². The molecule has 1 amide bonds. The number of para-hydroxylation sites is 1. The minimum atomic E-state index is -0.0567. The van der Waals surface area contributed by atoms with Gasteiger partial charge < -0.3 is 19.2 Å². The smallest absolute Gasteiger partial charge is 0.249 e. The molecule has 2 aromatic heterocycles. The highest BCUT2D eigenvalue weighted by atomic mass is 16.4. The van der Waals surface area contributed by atoms with Crippen LogP contribution in [0.2, 0.25) is 0 Å². The maximum Gasteiger partial charge on any atom is 0.249 e. The molecule has 0 saturated carbocycles. The van der Waals surface area contributed by atoms with Gasteiger partial charge in [0.25, 0.3) is 0 Å². The fourth-order valence-corrected chi connectivity index (χ4v) is 3.38. The lowest BCUT2D eigenvalue weighted by Gasteiger charge is -2.13. The largest absolute Gasteiger partial charge is 0.421 e. The normalized spacial score (nSPS) is 11.0. The summed E-state index contributed by atoms with van der Waals surface area (Å²) in [6.07, 6.45) is 2.59. The summed E-state index contributed by atoms with van der Waals surface area (Å²) in [5, 5.41) is 12.2. The van der Waals surface area contributed by atoms with Gasteiger partial charge in [-0.15, -0.1) is 10.2 Å². The van der Waals surface area contributed by atoms with Gasteiger partial charge in [-0.25, -0.2) is 0 Å². The second-order valence-corrected chi connectivity index (χ2v) is 7.38. The van der Waals surface area contributed by atoms with Crippen LogP contribution in [0.1, 0.15) is 18.4 Å². The fraction of sp³-hybridized carbons (Fsp3) is 0.261. The Hall–Kier alpha value is -3.61. The lowest BCUT2D eigenvalue weighted by atomic mass is 10.2. The van der Waals surface area contributed by atoms with Gasteiger partial charge in [-0.2, -0.15) is 0 Å². The topological polar surface area (TPSA) is 76.2 Å². The van der Waals surface area contributed by atoms with Crippen LogP contribution in [0.5, 0.6) is 0 Å². The van der Waals surface area contributed by atoms with Gasteiger partial charge in [-0.05, 0) is 23.8 Å². The van der Waals surface area contributed by atoms with E-state index in [1.807, 2.05) is 85.2 Å². The summed E-state index contributed by atoms with van der Waals surface area (Å²) in [5.74, 6) is 1.02. The van der Waals surface area contributed by atoms with Crippen LogP contribution in [-0.4, -0.2) is 34.8 Å². The molecule has 0 saturated heterocycles. The van der Waals surface area contributed by atoms with Crippen molar-refractivity contribution in [3.8, 4) is 11.5 Å². The van der Waals surface area contributed by atoms with Crippen molar-refractivity contribution >= 4 is 22.5 Å². The molecule has 2 heterocycles. The minimum Gasteiger partial charge on any atom is -0.421 e. The first kappa shape index (κ1) is 19.7. The number of fused-ring (bicyclic) bond motifs is 1. The molecule has 7 nitrogen and oxygen atoms in total. The molecule has 0 aliphatic rings. The lowest BCUT2D eigenvalue weighted by Crippen LogP contribution is -2.26. The van der Waals surface area contributed by atoms with Gasteiger partial charge >= 0.3 is 0 Å². The zero-order valence-electron chi connectivity index (χ0n) is 17.4. The Bertz CT molecular complexity index is 1160. The third kappa shape index (κ3) is 4.05. The van der Waals surface area contributed by atoms with Crippen molar-refractivity contribution in [2.45, 2.75) is 26.4 Å². The molecule has 0 aliphatic heterocycles. The molecule has 4 aromatic rings. The van der Waals surface area contributed by atoms with Crippen LogP contribution in [0.3, 0.4) is 0 Å². The highest BCUT2D eigenvalue weighted by Gasteiger charge is 2.16. The van der Waals surface area contributed by atoms with E-state index < -0.39 is 0 Å². The highest BCUT2D eigenvalue weighted by Crippen LogP contribution is 2.29. The van der Waals surface area contributed by atoms with Crippen molar-refractivity contribution in [2.75, 3.05) is 19.0 Å². The Morgan fingerprint density at radius 3 is 2.57 bits per heavy atom. The highest BCUT2D eigenvalue weighted by molar-refractivity contribution is 5.94. The average Bonchev–Trinajstić information content (AvgIpc) is 3.37. The summed E-state index contributed by atoms with van der Waals surface area (Å²) in [5.41, 5.74) is 3.98. The molecular weight excluding hydrogens is 378 g/mol. The van der Waals surface area contributed by atoms with Gasteiger partial charge in [-0.3, -0.25) is 4.79 Å². The number of aromatic nitrogens is 3. The van der Waals surface area contributed by atoms with Gasteiger partial charge in [0, 0.05) is 49.8 Å². The number of aryl methyl sites for hydroxylation is 1. The summed E-state index contributed by atoms with van der Waals surface area (Å²) in [4.78, 5) is 14.7. The van der Waals surface area contributed by atoms with E-state index in [1.54, 1.807) is 0 Å². The van der Waals surface area contributed by atoms with Crippen molar-refractivity contribution in [2.24, 2.45) is 0 Å². The van der Waals surface area contributed by atoms with Crippen molar-refractivity contribution in [1.82, 2.24) is 20.1 Å². The molecule has 1 N–H and O–H groups in total. The van der Waals surface area contributed by atoms with E-state index in [9.17, 15) is 4.79 Å². The second-order valence-electron chi connectivity index (χ2n) is 7.38. The Morgan fingerprint density at radius 1 is 1.10 bits per heavy atom. The second kappa shape index (κ2) is 8.41. The van der Waals surface area contributed by atoms with Crippen LogP contribution in [0.25, 0.3) is 22.4 Å². The van der Waals surface area contributed by atoms with Crippen LogP contribution in [0.4, 0.5) is 5.69 Å². The number of rotatable bonds is 7. The van der Waals surface area contributed by atoms with Gasteiger partial charge in [0.15, 0.2) is 0 Å². The molecule has 30 heavy (non-hydrogen) atoms.